The highest BCUT2D eigenvalue weighted by molar-refractivity contribution is 6.32. The first-order chi connectivity index (χ1) is 9.49. The van der Waals surface area contributed by atoms with E-state index in [0.29, 0.717) is 11.1 Å². The molecular weight excluding hydrogens is 278 g/mol. The van der Waals surface area contributed by atoms with Crippen LogP contribution in [0, 0.1) is 5.41 Å². The fourth-order valence-electron chi connectivity index (χ4n) is 2.23. The lowest BCUT2D eigenvalue weighted by molar-refractivity contribution is 0.175. The third kappa shape index (κ3) is 3.33. The molecule has 0 amide bonds. The molecule has 0 saturated heterocycles. The Morgan fingerprint density at radius 2 is 2.25 bits per heavy atom. The standard InChI is InChI=1S/C14H22ClN3O2/c1-10(2)18-13(19)12(15)11(8-17-18)16-9-14(4-5-14)6-7-20-3/h8,10,16H,4-7,9H2,1-3H3. The van der Waals surface area contributed by atoms with Gasteiger partial charge in [-0.25, -0.2) is 4.68 Å². The topological polar surface area (TPSA) is 56.1 Å². The van der Waals surface area contributed by atoms with Gasteiger partial charge in [0.25, 0.3) is 5.56 Å². The molecule has 0 bridgehead atoms. The number of halogens is 1. The Bertz CT molecular complexity index is 524. The van der Waals surface area contributed by atoms with Crippen molar-refractivity contribution in [3.8, 4) is 0 Å². The van der Waals surface area contributed by atoms with E-state index in [4.69, 9.17) is 16.3 Å². The summed E-state index contributed by atoms with van der Waals surface area (Å²) in [5.41, 5.74) is 0.678. The summed E-state index contributed by atoms with van der Waals surface area (Å²) in [5, 5.41) is 7.64. The van der Waals surface area contributed by atoms with Crippen molar-refractivity contribution < 1.29 is 4.74 Å². The molecule has 1 fully saturated rings. The fraction of sp³-hybridized carbons (Fsp3) is 0.714. The maximum Gasteiger partial charge on any atom is 0.287 e. The van der Waals surface area contributed by atoms with E-state index in [-0.39, 0.29) is 16.6 Å². The summed E-state index contributed by atoms with van der Waals surface area (Å²) < 4.78 is 6.53. The Hall–Kier alpha value is -1.07. The minimum Gasteiger partial charge on any atom is -0.385 e. The Kier molecular flexibility index (Phi) is 4.70. The molecule has 1 heterocycles. The molecule has 1 aromatic rings. The number of nitrogens with zero attached hydrogens (tertiary/aromatic N) is 2. The lowest BCUT2D eigenvalue weighted by Crippen LogP contribution is -2.26. The zero-order valence-corrected chi connectivity index (χ0v) is 13.0. The molecule has 0 atom stereocenters. The predicted octanol–water partition coefficient (Wildman–Crippen LogP) is 2.71. The molecule has 2 rings (SSSR count). The zero-order valence-electron chi connectivity index (χ0n) is 12.3. The molecule has 1 N–H and O–H groups in total. The second-order valence-electron chi connectivity index (χ2n) is 5.81. The molecule has 5 nitrogen and oxygen atoms in total. The van der Waals surface area contributed by atoms with Crippen LogP contribution >= 0.6 is 11.6 Å². The molecular formula is C14H22ClN3O2. The Morgan fingerprint density at radius 1 is 1.55 bits per heavy atom. The summed E-state index contributed by atoms with van der Waals surface area (Å²) in [5.74, 6) is 0. The molecule has 0 aliphatic heterocycles. The van der Waals surface area contributed by atoms with Crippen molar-refractivity contribution >= 4 is 17.3 Å². The summed E-state index contributed by atoms with van der Waals surface area (Å²) in [7, 11) is 1.72. The minimum absolute atomic E-state index is 0.00512. The van der Waals surface area contributed by atoms with Crippen LogP contribution in [0.5, 0.6) is 0 Å². The number of hydrogen-bond acceptors (Lipinski definition) is 4. The van der Waals surface area contributed by atoms with Crippen LogP contribution in [0.2, 0.25) is 5.02 Å². The van der Waals surface area contributed by atoms with Crippen molar-refractivity contribution in [1.29, 1.82) is 0 Å². The molecule has 0 radical (unpaired) electrons. The normalized spacial score (nSPS) is 16.4. The highest BCUT2D eigenvalue weighted by Gasteiger charge is 2.41. The van der Waals surface area contributed by atoms with Crippen molar-refractivity contribution in [2.24, 2.45) is 5.41 Å². The summed E-state index contributed by atoms with van der Waals surface area (Å²) >= 11 is 6.14. The van der Waals surface area contributed by atoms with E-state index in [2.05, 4.69) is 10.4 Å². The van der Waals surface area contributed by atoms with E-state index < -0.39 is 0 Å². The van der Waals surface area contributed by atoms with Gasteiger partial charge in [-0.2, -0.15) is 5.10 Å². The molecule has 1 aliphatic rings. The van der Waals surface area contributed by atoms with Crippen molar-refractivity contribution in [2.75, 3.05) is 25.6 Å². The van der Waals surface area contributed by atoms with Gasteiger partial charge >= 0.3 is 0 Å². The predicted molar refractivity (Wildman–Crippen MR) is 80.5 cm³/mol. The van der Waals surface area contributed by atoms with Crippen LogP contribution in [0.3, 0.4) is 0 Å². The largest absolute Gasteiger partial charge is 0.385 e. The summed E-state index contributed by atoms with van der Waals surface area (Å²) in [6.45, 7) is 5.38. The maximum atomic E-state index is 12.1. The van der Waals surface area contributed by atoms with Gasteiger partial charge in [0.15, 0.2) is 0 Å². The van der Waals surface area contributed by atoms with Crippen LogP contribution in [-0.2, 0) is 4.74 Å². The van der Waals surface area contributed by atoms with Gasteiger partial charge in [0, 0.05) is 20.3 Å². The van der Waals surface area contributed by atoms with Gasteiger partial charge in [-0.15, -0.1) is 0 Å². The van der Waals surface area contributed by atoms with E-state index in [1.165, 1.54) is 17.5 Å². The minimum atomic E-state index is -0.242. The maximum absolute atomic E-state index is 12.1. The fourth-order valence-corrected chi connectivity index (χ4v) is 2.43. The smallest absolute Gasteiger partial charge is 0.287 e. The molecule has 0 unspecified atom stereocenters. The molecule has 20 heavy (non-hydrogen) atoms. The SMILES string of the molecule is COCCC1(CNc2cnn(C(C)C)c(=O)c2Cl)CC1. The molecule has 6 heteroatoms. The molecule has 112 valence electrons. The van der Waals surface area contributed by atoms with Crippen LogP contribution in [-0.4, -0.2) is 30.0 Å². The van der Waals surface area contributed by atoms with Crippen molar-refractivity contribution in [1.82, 2.24) is 9.78 Å². The van der Waals surface area contributed by atoms with E-state index in [0.717, 1.165) is 19.6 Å². The van der Waals surface area contributed by atoms with E-state index >= 15 is 0 Å². The third-order valence-electron chi connectivity index (χ3n) is 3.88. The van der Waals surface area contributed by atoms with Gasteiger partial charge in [0.05, 0.1) is 17.9 Å². The number of methoxy groups -OCH3 is 1. The monoisotopic (exact) mass is 299 g/mol. The third-order valence-corrected chi connectivity index (χ3v) is 4.25. The van der Waals surface area contributed by atoms with E-state index in [1.807, 2.05) is 13.8 Å². The van der Waals surface area contributed by atoms with E-state index in [9.17, 15) is 4.79 Å². The number of anilines is 1. The molecule has 1 aromatic heterocycles. The molecule has 1 saturated carbocycles. The lowest BCUT2D eigenvalue weighted by Gasteiger charge is -2.17. The summed E-state index contributed by atoms with van der Waals surface area (Å²) in [6.07, 6.45) is 5.05. The zero-order chi connectivity index (χ0) is 14.8. The van der Waals surface area contributed by atoms with Gasteiger partial charge < -0.3 is 10.1 Å². The van der Waals surface area contributed by atoms with Crippen LogP contribution in [0.15, 0.2) is 11.0 Å². The Labute approximate surface area is 124 Å². The second-order valence-corrected chi connectivity index (χ2v) is 6.19. The van der Waals surface area contributed by atoms with Gasteiger partial charge in [-0.3, -0.25) is 4.79 Å². The lowest BCUT2D eigenvalue weighted by atomic mass is 10.0. The van der Waals surface area contributed by atoms with Crippen molar-refractivity contribution in [3.63, 3.8) is 0 Å². The van der Waals surface area contributed by atoms with Gasteiger partial charge in [0.2, 0.25) is 0 Å². The number of aromatic nitrogens is 2. The summed E-state index contributed by atoms with van der Waals surface area (Å²) in [4.78, 5) is 12.1. The van der Waals surface area contributed by atoms with E-state index in [1.54, 1.807) is 13.3 Å². The summed E-state index contributed by atoms with van der Waals surface area (Å²) in [6, 6.07) is 0.00512. The van der Waals surface area contributed by atoms with Crippen molar-refractivity contribution in [2.45, 2.75) is 39.2 Å². The van der Waals surface area contributed by atoms with Crippen LogP contribution in [0.1, 0.15) is 39.2 Å². The highest BCUT2D eigenvalue weighted by atomic mass is 35.5. The molecule has 1 aliphatic carbocycles. The van der Waals surface area contributed by atoms with Crippen LogP contribution in [0.25, 0.3) is 0 Å². The number of rotatable bonds is 7. The first-order valence-corrected chi connectivity index (χ1v) is 7.37. The first-order valence-electron chi connectivity index (χ1n) is 6.99. The average Bonchev–Trinajstić information content (AvgIpc) is 3.18. The second kappa shape index (κ2) is 6.14. The average molecular weight is 300 g/mol. The van der Waals surface area contributed by atoms with Crippen molar-refractivity contribution in [3.05, 3.63) is 21.6 Å². The van der Waals surface area contributed by atoms with Gasteiger partial charge in [0.1, 0.15) is 5.02 Å². The van der Waals surface area contributed by atoms with Gasteiger partial charge in [-0.1, -0.05) is 11.6 Å². The molecule has 0 spiro atoms. The first kappa shape index (κ1) is 15.3. The number of hydrogen-bond donors (Lipinski definition) is 1. The highest BCUT2D eigenvalue weighted by Crippen LogP contribution is 2.48. The number of nitrogens with one attached hydrogen (secondary N) is 1. The Morgan fingerprint density at radius 3 is 2.80 bits per heavy atom. The molecule has 0 aromatic carbocycles. The van der Waals surface area contributed by atoms with Gasteiger partial charge in [-0.05, 0) is 38.5 Å². The van der Waals surface area contributed by atoms with Crippen LogP contribution in [0.4, 0.5) is 5.69 Å². The van der Waals surface area contributed by atoms with Crippen LogP contribution < -0.4 is 10.9 Å². The number of ether oxygens (including phenoxy) is 1. The Balaban J connectivity index is 2.04. The quantitative estimate of drug-likeness (QED) is 0.841.